The van der Waals surface area contributed by atoms with Gasteiger partial charge < -0.3 is 4.57 Å². The molecule has 0 amide bonds. The molecule has 35 heavy (non-hydrogen) atoms. The second-order valence-electron chi connectivity index (χ2n) is 7.90. The van der Waals surface area contributed by atoms with Gasteiger partial charge in [0.1, 0.15) is 10.1 Å². The van der Waals surface area contributed by atoms with E-state index in [9.17, 15) is 4.79 Å². The zero-order valence-corrected chi connectivity index (χ0v) is 20.2. The van der Waals surface area contributed by atoms with E-state index in [0.717, 1.165) is 36.6 Å². The molecular weight excluding hydrogens is 470 g/mol. The normalized spacial score (nSPS) is 11.2. The first-order valence-corrected chi connectivity index (χ1v) is 12.8. The highest BCUT2D eigenvalue weighted by Gasteiger charge is 2.14. The molecule has 3 aromatic carbocycles. The van der Waals surface area contributed by atoms with Gasteiger partial charge in [0.25, 0.3) is 0 Å². The summed E-state index contributed by atoms with van der Waals surface area (Å²) in [7, 11) is 0. The molecule has 6 aromatic rings. The maximum absolute atomic E-state index is 13.6. The molecule has 3 heterocycles. The second kappa shape index (κ2) is 9.41. The fraction of sp³-hybridized carbons (Fsp3) is 0. The van der Waals surface area contributed by atoms with Crippen molar-refractivity contribution in [3.05, 3.63) is 126 Å². The third kappa shape index (κ3) is 4.34. The lowest BCUT2D eigenvalue weighted by Gasteiger charge is -2.17. The van der Waals surface area contributed by atoms with Gasteiger partial charge in [0, 0.05) is 38.6 Å². The summed E-state index contributed by atoms with van der Waals surface area (Å²) in [5, 5.41) is 3.21. The van der Waals surface area contributed by atoms with Crippen LogP contribution in [0.4, 0.5) is 0 Å². The summed E-state index contributed by atoms with van der Waals surface area (Å²) in [5.74, 6) is 0. The van der Waals surface area contributed by atoms with Crippen molar-refractivity contribution in [3.63, 3.8) is 0 Å². The molecule has 0 radical (unpaired) electrons. The fourth-order valence-corrected chi connectivity index (χ4v) is 5.71. The number of benzene rings is 3. The van der Waals surface area contributed by atoms with Crippen LogP contribution in [-0.4, -0.2) is 14.5 Å². The summed E-state index contributed by atoms with van der Waals surface area (Å²) in [6, 6.07) is 33.9. The quantitative estimate of drug-likeness (QED) is 0.239. The van der Waals surface area contributed by atoms with Gasteiger partial charge >= 0.3 is 0 Å². The monoisotopic (exact) mass is 489 g/mol. The van der Waals surface area contributed by atoms with Crippen molar-refractivity contribution in [2.24, 2.45) is 0 Å². The molecule has 0 fully saturated rings. The van der Waals surface area contributed by atoms with Gasteiger partial charge in [-0.15, -0.1) is 0 Å². The Balaban J connectivity index is 1.59. The highest BCUT2D eigenvalue weighted by Crippen LogP contribution is 2.33. The fourth-order valence-electron chi connectivity index (χ4n) is 4.09. The summed E-state index contributed by atoms with van der Waals surface area (Å²) in [6.45, 7) is 0. The smallest absolute Gasteiger partial charge is 0.197 e. The number of hydrogen-bond acceptors (Lipinski definition) is 5. The number of hydrogen-bond donors (Lipinski definition) is 0. The van der Waals surface area contributed by atoms with Crippen molar-refractivity contribution >= 4 is 45.3 Å². The van der Waals surface area contributed by atoms with E-state index in [0.29, 0.717) is 10.8 Å². The maximum atomic E-state index is 13.6. The molecule has 0 spiro atoms. The number of nitrogens with zero attached hydrogens (tertiary/aromatic N) is 3. The first-order chi connectivity index (χ1) is 17.3. The number of aromatic nitrogens is 3. The average Bonchev–Trinajstić information content (AvgIpc) is 2.90. The Labute approximate surface area is 210 Å². The van der Waals surface area contributed by atoms with Gasteiger partial charge in [-0.2, -0.15) is 0 Å². The van der Waals surface area contributed by atoms with Crippen molar-refractivity contribution < 1.29 is 0 Å². The zero-order valence-electron chi connectivity index (χ0n) is 18.5. The second-order valence-corrected chi connectivity index (χ2v) is 10.1. The largest absolute Gasteiger partial charge is 0.309 e. The third-order valence-electron chi connectivity index (χ3n) is 5.64. The molecule has 0 atom stereocenters. The summed E-state index contributed by atoms with van der Waals surface area (Å²) in [6.07, 6.45) is 3.58. The molecule has 0 aliphatic carbocycles. The molecule has 6 rings (SSSR count). The lowest BCUT2D eigenvalue weighted by atomic mass is 10.1. The summed E-state index contributed by atoms with van der Waals surface area (Å²) >= 11 is 3.17. The van der Waals surface area contributed by atoms with Crippen molar-refractivity contribution in [1.29, 1.82) is 0 Å². The van der Waals surface area contributed by atoms with Gasteiger partial charge in [-0.1, -0.05) is 53.9 Å². The topological polar surface area (TPSA) is 47.8 Å². The van der Waals surface area contributed by atoms with Crippen LogP contribution in [0, 0.1) is 0 Å². The van der Waals surface area contributed by atoms with Crippen molar-refractivity contribution in [1.82, 2.24) is 14.5 Å². The first kappa shape index (κ1) is 21.6. The number of pyridine rings is 3. The molecule has 0 aliphatic heterocycles. The Hall–Kier alpha value is -3.87. The Morgan fingerprint density at radius 3 is 1.57 bits per heavy atom. The van der Waals surface area contributed by atoms with Gasteiger partial charge in [0.2, 0.25) is 0 Å². The van der Waals surface area contributed by atoms with E-state index in [-0.39, 0.29) is 5.43 Å². The predicted octanol–water partition coefficient (Wildman–Crippen LogP) is 7.24. The van der Waals surface area contributed by atoms with E-state index in [1.807, 2.05) is 78.9 Å². The minimum Gasteiger partial charge on any atom is -0.309 e. The van der Waals surface area contributed by atoms with Gasteiger partial charge in [-0.3, -0.25) is 4.79 Å². The number of rotatable bonds is 5. The predicted molar refractivity (Wildman–Crippen MR) is 144 cm³/mol. The number of fused-ring (bicyclic) bond motifs is 2. The minimum absolute atomic E-state index is 0.0333. The molecule has 0 unspecified atom stereocenters. The lowest BCUT2D eigenvalue weighted by molar-refractivity contribution is 1.12. The van der Waals surface area contributed by atoms with E-state index < -0.39 is 0 Å². The highest BCUT2D eigenvalue weighted by atomic mass is 32.2. The van der Waals surface area contributed by atoms with Crippen LogP contribution in [0.3, 0.4) is 0 Å². The number of para-hydroxylation sites is 1. The standard InChI is InChI=1S/C29H19N3OS2/c33-29-23-14-12-21(34-27-10-4-6-16-30-27)18-25(23)32(20-8-2-1-3-9-20)26-19-22(13-15-24(26)29)35-28-11-5-7-17-31-28/h1-19H. The summed E-state index contributed by atoms with van der Waals surface area (Å²) < 4.78 is 2.18. The molecule has 168 valence electrons. The molecule has 0 saturated heterocycles. The van der Waals surface area contributed by atoms with E-state index >= 15 is 0 Å². The minimum atomic E-state index is 0.0333. The first-order valence-electron chi connectivity index (χ1n) is 11.1. The maximum Gasteiger partial charge on any atom is 0.197 e. The molecule has 0 saturated carbocycles. The van der Waals surface area contributed by atoms with E-state index in [4.69, 9.17) is 0 Å². The molecular formula is C29H19N3OS2. The Bertz CT molecular complexity index is 1600. The summed E-state index contributed by atoms with van der Waals surface area (Å²) in [4.78, 5) is 24.5. The van der Waals surface area contributed by atoms with Crippen molar-refractivity contribution in [3.8, 4) is 5.69 Å². The van der Waals surface area contributed by atoms with Crippen LogP contribution in [0.2, 0.25) is 0 Å². The molecule has 0 N–H and O–H groups in total. The van der Waals surface area contributed by atoms with Crippen molar-refractivity contribution in [2.45, 2.75) is 19.8 Å². The van der Waals surface area contributed by atoms with Crippen LogP contribution in [0.5, 0.6) is 0 Å². The Morgan fingerprint density at radius 2 is 1.09 bits per heavy atom. The van der Waals surface area contributed by atoms with E-state index in [1.165, 1.54) is 0 Å². The van der Waals surface area contributed by atoms with E-state index in [2.05, 4.69) is 38.8 Å². The molecule has 6 heteroatoms. The Kier molecular flexibility index (Phi) is 5.82. The molecule has 0 bridgehead atoms. The SMILES string of the molecule is O=c1c2ccc(Sc3ccccn3)cc2n(-c2ccccc2)c2cc(Sc3ccccn3)ccc12. The van der Waals surface area contributed by atoms with Crippen LogP contribution in [0.1, 0.15) is 0 Å². The van der Waals surface area contributed by atoms with Gasteiger partial charge in [-0.05, 0) is 72.8 Å². The van der Waals surface area contributed by atoms with Gasteiger partial charge in [0.05, 0.1) is 11.0 Å². The van der Waals surface area contributed by atoms with Crippen LogP contribution in [-0.2, 0) is 0 Å². The zero-order chi connectivity index (χ0) is 23.6. The Morgan fingerprint density at radius 1 is 0.571 bits per heavy atom. The van der Waals surface area contributed by atoms with Crippen molar-refractivity contribution in [2.75, 3.05) is 0 Å². The van der Waals surface area contributed by atoms with Crippen LogP contribution in [0.25, 0.3) is 27.5 Å². The van der Waals surface area contributed by atoms with Crippen LogP contribution < -0.4 is 5.43 Å². The van der Waals surface area contributed by atoms with Crippen LogP contribution in [0.15, 0.2) is 140 Å². The van der Waals surface area contributed by atoms with Gasteiger partial charge in [0.15, 0.2) is 5.43 Å². The highest BCUT2D eigenvalue weighted by molar-refractivity contribution is 7.99. The molecule has 4 nitrogen and oxygen atoms in total. The van der Waals surface area contributed by atoms with Gasteiger partial charge in [-0.25, -0.2) is 9.97 Å². The average molecular weight is 490 g/mol. The van der Waals surface area contributed by atoms with E-state index in [1.54, 1.807) is 35.9 Å². The molecule has 0 aliphatic rings. The van der Waals surface area contributed by atoms with Crippen LogP contribution >= 0.6 is 23.5 Å². The third-order valence-corrected chi connectivity index (χ3v) is 7.52. The molecule has 3 aromatic heterocycles. The lowest BCUT2D eigenvalue weighted by Crippen LogP contribution is -2.10. The summed E-state index contributed by atoms with van der Waals surface area (Å²) in [5.41, 5.74) is 2.78.